The Hall–Kier alpha value is -2.14. The van der Waals surface area contributed by atoms with Gasteiger partial charge in [0.25, 0.3) is 0 Å². The van der Waals surface area contributed by atoms with E-state index in [-0.39, 0.29) is 12.0 Å². The molecule has 1 unspecified atom stereocenters. The van der Waals surface area contributed by atoms with Crippen LogP contribution < -0.4 is 4.74 Å². The van der Waals surface area contributed by atoms with E-state index < -0.39 is 0 Å². The van der Waals surface area contributed by atoms with Crippen molar-refractivity contribution in [2.45, 2.75) is 32.3 Å². The number of halogens is 1. The maximum atomic E-state index is 12.4. The van der Waals surface area contributed by atoms with E-state index in [9.17, 15) is 4.79 Å². The predicted molar refractivity (Wildman–Crippen MR) is 92.2 cm³/mol. The molecular formula is C18H20ClN3O2. The minimum Gasteiger partial charge on any atom is -0.471 e. The lowest BCUT2D eigenvalue weighted by molar-refractivity contribution is -0.130. The molecule has 6 heteroatoms. The summed E-state index contributed by atoms with van der Waals surface area (Å²) in [5, 5.41) is 8.69. The van der Waals surface area contributed by atoms with Gasteiger partial charge in [0.1, 0.15) is 6.10 Å². The second kappa shape index (κ2) is 7.62. The third kappa shape index (κ3) is 4.45. The summed E-state index contributed by atoms with van der Waals surface area (Å²) < 4.78 is 5.80. The molecule has 1 aromatic carbocycles. The normalized spacial score (nSPS) is 17.1. The molecule has 1 aromatic heterocycles. The Labute approximate surface area is 146 Å². The van der Waals surface area contributed by atoms with Gasteiger partial charge in [-0.3, -0.25) is 4.79 Å². The number of aryl methyl sites for hydroxylation is 2. The minimum absolute atomic E-state index is 0.0166. The molecule has 2 aromatic rings. The van der Waals surface area contributed by atoms with Crippen LogP contribution >= 0.6 is 11.6 Å². The molecule has 5 nitrogen and oxygen atoms in total. The van der Waals surface area contributed by atoms with Crippen LogP contribution in [-0.2, 0) is 11.2 Å². The monoisotopic (exact) mass is 345 g/mol. The number of benzene rings is 1. The molecule has 1 amide bonds. The summed E-state index contributed by atoms with van der Waals surface area (Å²) in [5.74, 6) is 0.662. The van der Waals surface area contributed by atoms with Gasteiger partial charge >= 0.3 is 0 Å². The molecule has 0 radical (unpaired) electrons. The Morgan fingerprint density at radius 3 is 2.96 bits per heavy atom. The maximum absolute atomic E-state index is 12.4. The summed E-state index contributed by atoms with van der Waals surface area (Å²) in [5.41, 5.74) is 1.93. The summed E-state index contributed by atoms with van der Waals surface area (Å²) in [6.45, 7) is 3.20. The second-order valence-electron chi connectivity index (χ2n) is 6.01. The zero-order chi connectivity index (χ0) is 16.9. The number of carbonyl (C=O) groups excluding carboxylic acids is 1. The van der Waals surface area contributed by atoms with Gasteiger partial charge in [-0.2, -0.15) is 5.10 Å². The number of hydrogen-bond donors (Lipinski definition) is 0. The van der Waals surface area contributed by atoms with Crippen LogP contribution in [0.4, 0.5) is 0 Å². The fraction of sp³-hybridized carbons (Fsp3) is 0.389. The fourth-order valence-corrected chi connectivity index (χ4v) is 2.99. The number of hydrogen-bond acceptors (Lipinski definition) is 4. The number of rotatable bonds is 5. The number of carbonyl (C=O) groups is 1. The highest BCUT2D eigenvalue weighted by molar-refractivity contribution is 6.30. The SMILES string of the molecule is Cc1ccc(OC2CCN(C(=O)CCc3cccc(Cl)c3)C2)nn1. The molecule has 0 bridgehead atoms. The molecule has 1 aliphatic rings. The van der Waals surface area contributed by atoms with Crippen LogP contribution in [0.2, 0.25) is 5.02 Å². The zero-order valence-electron chi connectivity index (χ0n) is 13.6. The Morgan fingerprint density at radius 1 is 1.33 bits per heavy atom. The van der Waals surface area contributed by atoms with Crippen molar-refractivity contribution >= 4 is 17.5 Å². The van der Waals surface area contributed by atoms with E-state index in [1.54, 1.807) is 0 Å². The smallest absolute Gasteiger partial charge is 0.233 e. The molecular weight excluding hydrogens is 326 g/mol. The lowest BCUT2D eigenvalue weighted by Crippen LogP contribution is -2.31. The number of likely N-dealkylation sites (tertiary alicyclic amines) is 1. The molecule has 2 heterocycles. The molecule has 1 fully saturated rings. The first-order valence-corrected chi connectivity index (χ1v) is 8.47. The van der Waals surface area contributed by atoms with Crippen LogP contribution in [0.5, 0.6) is 5.88 Å². The van der Waals surface area contributed by atoms with Gasteiger partial charge in [-0.25, -0.2) is 0 Å². The van der Waals surface area contributed by atoms with Gasteiger partial charge in [-0.05, 0) is 37.1 Å². The van der Waals surface area contributed by atoms with E-state index in [1.807, 2.05) is 48.2 Å². The van der Waals surface area contributed by atoms with Gasteiger partial charge in [0, 0.05) is 30.5 Å². The minimum atomic E-state index is -0.0166. The third-order valence-corrected chi connectivity index (χ3v) is 4.31. The van der Waals surface area contributed by atoms with E-state index >= 15 is 0 Å². The molecule has 126 valence electrons. The highest BCUT2D eigenvalue weighted by atomic mass is 35.5. The Bertz CT molecular complexity index is 706. The van der Waals surface area contributed by atoms with Crippen LogP contribution in [0.15, 0.2) is 36.4 Å². The molecule has 1 aliphatic heterocycles. The standard InChI is InChI=1S/C18H20ClN3O2/c1-13-5-7-17(21-20-13)24-16-9-10-22(12-16)18(23)8-6-14-3-2-4-15(19)11-14/h2-5,7,11,16H,6,8-10,12H2,1H3. The molecule has 0 N–H and O–H groups in total. The van der Waals surface area contributed by atoms with Gasteiger partial charge in [0.2, 0.25) is 11.8 Å². The van der Waals surface area contributed by atoms with Crippen molar-refractivity contribution < 1.29 is 9.53 Å². The van der Waals surface area contributed by atoms with Gasteiger partial charge in [-0.15, -0.1) is 5.10 Å². The van der Waals surface area contributed by atoms with Crippen molar-refractivity contribution in [3.8, 4) is 5.88 Å². The van der Waals surface area contributed by atoms with Crippen molar-refractivity contribution in [3.05, 3.63) is 52.7 Å². The predicted octanol–water partition coefficient (Wildman–Crippen LogP) is 3.05. The number of nitrogens with zero attached hydrogens (tertiary/aromatic N) is 3. The van der Waals surface area contributed by atoms with Gasteiger partial charge in [0.15, 0.2) is 0 Å². The molecule has 24 heavy (non-hydrogen) atoms. The van der Waals surface area contributed by atoms with Crippen LogP contribution in [0.3, 0.4) is 0 Å². The van der Waals surface area contributed by atoms with Crippen LogP contribution in [0.1, 0.15) is 24.1 Å². The molecule has 0 saturated carbocycles. The maximum Gasteiger partial charge on any atom is 0.233 e. The largest absolute Gasteiger partial charge is 0.471 e. The van der Waals surface area contributed by atoms with Gasteiger partial charge in [0.05, 0.1) is 12.2 Å². The first-order valence-electron chi connectivity index (χ1n) is 8.09. The Morgan fingerprint density at radius 2 is 2.21 bits per heavy atom. The molecule has 0 spiro atoms. The first kappa shape index (κ1) is 16.7. The Kier molecular flexibility index (Phi) is 5.30. The number of ether oxygens (including phenoxy) is 1. The van der Waals surface area contributed by atoms with Gasteiger partial charge < -0.3 is 9.64 Å². The number of amides is 1. The van der Waals surface area contributed by atoms with E-state index in [4.69, 9.17) is 16.3 Å². The van der Waals surface area contributed by atoms with E-state index in [0.717, 1.165) is 24.2 Å². The summed E-state index contributed by atoms with van der Waals surface area (Å²) in [6, 6.07) is 11.3. The quantitative estimate of drug-likeness (QED) is 0.835. The topological polar surface area (TPSA) is 55.3 Å². The average Bonchev–Trinajstić information content (AvgIpc) is 3.03. The van der Waals surface area contributed by atoms with Crippen LogP contribution in [0, 0.1) is 6.92 Å². The van der Waals surface area contributed by atoms with Crippen LogP contribution in [-0.4, -0.2) is 40.2 Å². The Balaban J connectivity index is 1.48. The van der Waals surface area contributed by atoms with Gasteiger partial charge in [-0.1, -0.05) is 23.7 Å². The zero-order valence-corrected chi connectivity index (χ0v) is 14.4. The highest BCUT2D eigenvalue weighted by Crippen LogP contribution is 2.18. The summed E-state index contributed by atoms with van der Waals surface area (Å²) in [6.07, 6.45) is 1.98. The lowest BCUT2D eigenvalue weighted by atomic mass is 10.1. The van der Waals surface area contributed by atoms with E-state index in [0.29, 0.717) is 30.3 Å². The molecule has 0 aliphatic carbocycles. The molecule has 3 rings (SSSR count). The van der Waals surface area contributed by atoms with Crippen molar-refractivity contribution in [1.29, 1.82) is 0 Å². The molecule has 1 saturated heterocycles. The average molecular weight is 346 g/mol. The summed E-state index contributed by atoms with van der Waals surface area (Å²) in [7, 11) is 0. The summed E-state index contributed by atoms with van der Waals surface area (Å²) >= 11 is 5.97. The van der Waals surface area contributed by atoms with Crippen molar-refractivity contribution in [2.75, 3.05) is 13.1 Å². The van der Waals surface area contributed by atoms with E-state index in [1.165, 1.54) is 0 Å². The molecule has 1 atom stereocenters. The lowest BCUT2D eigenvalue weighted by Gasteiger charge is -2.17. The number of aromatic nitrogens is 2. The fourth-order valence-electron chi connectivity index (χ4n) is 2.77. The van der Waals surface area contributed by atoms with E-state index in [2.05, 4.69) is 10.2 Å². The first-order chi connectivity index (χ1) is 11.6. The van der Waals surface area contributed by atoms with Crippen LogP contribution in [0.25, 0.3) is 0 Å². The van der Waals surface area contributed by atoms with Crippen molar-refractivity contribution in [1.82, 2.24) is 15.1 Å². The third-order valence-electron chi connectivity index (χ3n) is 4.08. The van der Waals surface area contributed by atoms with Crippen molar-refractivity contribution in [2.24, 2.45) is 0 Å². The summed E-state index contributed by atoms with van der Waals surface area (Å²) in [4.78, 5) is 14.2. The van der Waals surface area contributed by atoms with Crippen molar-refractivity contribution in [3.63, 3.8) is 0 Å². The second-order valence-corrected chi connectivity index (χ2v) is 6.45. The highest BCUT2D eigenvalue weighted by Gasteiger charge is 2.27.